The van der Waals surface area contributed by atoms with Gasteiger partial charge >= 0.3 is 0 Å². The molecular weight excluding hydrogens is 180 g/mol. The maximum absolute atomic E-state index is 4.24. The maximum Gasteiger partial charge on any atom is 0.0306 e. The van der Waals surface area contributed by atoms with Crippen LogP contribution in [0.3, 0.4) is 0 Å². The van der Waals surface area contributed by atoms with E-state index >= 15 is 0 Å². The Morgan fingerprint density at radius 1 is 1.31 bits per heavy atom. The number of likely N-dealkylation sites (N-methyl/N-ethyl adjacent to an activating group) is 1. The van der Waals surface area contributed by atoms with Crippen molar-refractivity contribution in [3.8, 4) is 0 Å². The van der Waals surface area contributed by atoms with Gasteiger partial charge < -0.3 is 10.2 Å². The van der Waals surface area contributed by atoms with Crippen LogP contribution in [-0.2, 0) is 0 Å². The van der Waals surface area contributed by atoms with E-state index in [2.05, 4.69) is 29.9 Å². The second kappa shape index (κ2) is 12.3. The summed E-state index contributed by atoms with van der Waals surface area (Å²) in [7, 11) is 2.15. The molecule has 13 heavy (non-hydrogen) atoms. The summed E-state index contributed by atoms with van der Waals surface area (Å²) >= 11 is 4.24. The molecule has 0 aromatic heterocycles. The predicted octanol–water partition coefficient (Wildman–Crippen LogP) is 1.87. The first kappa shape index (κ1) is 15.7. The average molecular weight is 206 g/mol. The average Bonchev–Trinajstić information content (AvgIpc) is 2.24. The minimum absolute atomic E-state index is 0.641. The quantitative estimate of drug-likeness (QED) is 0.637. The van der Waals surface area contributed by atoms with Gasteiger partial charge in [-0.3, -0.25) is 0 Å². The molecule has 0 saturated carbocycles. The summed E-state index contributed by atoms with van der Waals surface area (Å²) in [6.07, 6.45) is 0. The van der Waals surface area contributed by atoms with E-state index in [1.54, 1.807) is 0 Å². The molecule has 1 rings (SSSR count). The van der Waals surface area contributed by atoms with Gasteiger partial charge in [-0.25, -0.2) is 0 Å². The zero-order chi connectivity index (χ0) is 10.7. The van der Waals surface area contributed by atoms with Crippen molar-refractivity contribution in [1.29, 1.82) is 0 Å². The van der Waals surface area contributed by atoms with Gasteiger partial charge in [-0.15, -0.1) is 0 Å². The molecule has 1 fully saturated rings. The molecule has 1 aliphatic heterocycles. The lowest BCUT2D eigenvalue weighted by Gasteiger charge is -2.31. The topological polar surface area (TPSA) is 15.3 Å². The lowest BCUT2D eigenvalue weighted by Crippen LogP contribution is -2.50. The van der Waals surface area contributed by atoms with Gasteiger partial charge in [0.05, 0.1) is 0 Å². The Bertz CT molecular complexity index is 89.0. The molecule has 0 aromatic carbocycles. The number of rotatable bonds is 1. The number of hydrogen-bond acceptors (Lipinski definition) is 3. The monoisotopic (exact) mass is 206 g/mol. The number of nitrogens with zero attached hydrogens (tertiary/aromatic N) is 1. The van der Waals surface area contributed by atoms with Crippen molar-refractivity contribution in [3.05, 3.63) is 0 Å². The summed E-state index contributed by atoms with van der Waals surface area (Å²) < 4.78 is 0. The zero-order valence-corrected chi connectivity index (χ0v) is 10.7. The van der Waals surface area contributed by atoms with Crippen LogP contribution in [0, 0.1) is 0 Å². The minimum Gasteiger partial charge on any atom is -0.314 e. The largest absolute Gasteiger partial charge is 0.314 e. The van der Waals surface area contributed by atoms with Gasteiger partial charge in [-0.05, 0) is 7.05 Å². The summed E-state index contributed by atoms with van der Waals surface area (Å²) in [5, 5.41) is 3.33. The van der Waals surface area contributed by atoms with Crippen LogP contribution in [0.5, 0.6) is 0 Å². The Morgan fingerprint density at radius 3 is 2.15 bits per heavy atom. The van der Waals surface area contributed by atoms with Crippen molar-refractivity contribution in [2.45, 2.75) is 33.7 Å². The van der Waals surface area contributed by atoms with E-state index in [0.717, 1.165) is 25.4 Å². The summed E-state index contributed by atoms with van der Waals surface area (Å²) in [6.45, 7) is 11.4. The summed E-state index contributed by atoms with van der Waals surface area (Å²) in [5.74, 6) is 0.962. The van der Waals surface area contributed by atoms with Crippen molar-refractivity contribution in [1.82, 2.24) is 10.2 Å². The molecule has 1 saturated heterocycles. The van der Waals surface area contributed by atoms with Gasteiger partial charge in [-0.1, -0.05) is 27.7 Å². The van der Waals surface area contributed by atoms with Crippen LogP contribution in [0.2, 0.25) is 0 Å². The molecule has 1 unspecified atom stereocenters. The van der Waals surface area contributed by atoms with E-state index < -0.39 is 0 Å². The number of piperazine rings is 1. The Balaban J connectivity index is 0. The lowest BCUT2D eigenvalue weighted by molar-refractivity contribution is 0.219. The van der Waals surface area contributed by atoms with Crippen LogP contribution in [0.1, 0.15) is 27.7 Å². The van der Waals surface area contributed by atoms with Gasteiger partial charge in [0.1, 0.15) is 0 Å². The summed E-state index contributed by atoms with van der Waals surface area (Å²) in [6, 6.07) is 0.641. The van der Waals surface area contributed by atoms with Crippen molar-refractivity contribution in [2.24, 2.45) is 0 Å². The van der Waals surface area contributed by atoms with Crippen molar-refractivity contribution in [2.75, 3.05) is 32.4 Å². The molecule has 0 aromatic rings. The van der Waals surface area contributed by atoms with Gasteiger partial charge in [0, 0.05) is 31.4 Å². The van der Waals surface area contributed by atoms with E-state index in [-0.39, 0.29) is 0 Å². The third-order valence-electron chi connectivity index (χ3n) is 1.86. The highest BCUT2D eigenvalue weighted by molar-refractivity contribution is 7.80. The van der Waals surface area contributed by atoms with E-state index in [1.165, 1.54) is 0 Å². The zero-order valence-electron chi connectivity index (χ0n) is 9.80. The third kappa shape index (κ3) is 7.35. The SMILES string of the molecule is CC.CC.CN1CCNCC1CS. The molecule has 1 heterocycles. The van der Waals surface area contributed by atoms with Gasteiger partial charge in [0.2, 0.25) is 0 Å². The molecule has 82 valence electrons. The van der Waals surface area contributed by atoms with Crippen LogP contribution in [0.4, 0.5) is 0 Å². The molecule has 0 aliphatic carbocycles. The number of nitrogens with one attached hydrogen (secondary N) is 1. The summed E-state index contributed by atoms with van der Waals surface area (Å²) in [5.41, 5.74) is 0. The first-order valence-electron chi connectivity index (χ1n) is 5.36. The highest BCUT2D eigenvalue weighted by atomic mass is 32.1. The molecule has 0 radical (unpaired) electrons. The van der Waals surface area contributed by atoms with Gasteiger partial charge in [-0.2, -0.15) is 12.6 Å². The van der Waals surface area contributed by atoms with Crippen molar-refractivity contribution < 1.29 is 0 Å². The molecule has 1 N–H and O–H groups in total. The normalized spacial score (nSPS) is 22.2. The predicted molar refractivity (Wildman–Crippen MR) is 65.8 cm³/mol. The standard InChI is InChI=1S/C6H14N2S.2C2H6/c1-8-3-2-7-4-6(8)5-9;2*1-2/h6-7,9H,2-5H2,1H3;2*1-2H3. The molecule has 0 amide bonds. The molecule has 0 bridgehead atoms. The number of thiol groups is 1. The second-order valence-corrected chi connectivity index (χ2v) is 2.89. The molecule has 1 atom stereocenters. The molecule has 2 nitrogen and oxygen atoms in total. The van der Waals surface area contributed by atoms with Gasteiger partial charge in [0.25, 0.3) is 0 Å². The van der Waals surface area contributed by atoms with E-state index in [9.17, 15) is 0 Å². The maximum atomic E-state index is 4.24. The fourth-order valence-electron chi connectivity index (χ4n) is 1.07. The van der Waals surface area contributed by atoms with Crippen LogP contribution in [-0.4, -0.2) is 43.4 Å². The van der Waals surface area contributed by atoms with Crippen molar-refractivity contribution in [3.63, 3.8) is 0 Å². The molecular formula is C10H26N2S. The smallest absolute Gasteiger partial charge is 0.0306 e. The Hall–Kier alpha value is 0.270. The Kier molecular flexibility index (Phi) is 14.8. The molecule has 3 heteroatoms. The fourth-order valence-corrected chi connectivity index (χ4v) is 1.47. The second-order valence-electron chi connectivity index (χ2n) is 2.52. The highest BCUT2D eigenvalue weighted by Gasteiger charge is 2.15. The van der Waals surface area contributed by atoms with Gasteiger partial charge in [0.15, 0.2) is 0 Å². The third-order valence-corrected chi connectivity index (χ3v) is 2.28. The minimum atomic E-state index is 0.641. The van der Waals surface area contributed by atoms with Crippen LogP contribution in [0.25, 0.3) is 0 Å². The Morgan fingerprint density at radius 2 is 1.85 bits per heavy atom. The molecule has 1 aliphatic rings. The highest BCUT2D eigenvalue weighted by Crippen LogP contribution is 2.00. The number of hydrogen-bond donors (Lipinski definition) is 2. The fraction of sp³-hybridized carbons (Fsp3) is 1.00. The van der Waals surface area contributed by atoms with Crippen molar-refractivity contribution >= 4 is 12.6 Å². The van der Waals surface area contributed by atoms with E-state index in [1.807, 2.05) is 27.7 Å². The van der Waals surface area contributed by atoms with Crippen LogP contribution >= 0.6 is 12.6 Å². The van der Waals surface area contributed by atoms with E-state index in [4.69, 9.17) is 0 Å². The van der Waals surface area contributed by atoms with E-state index in [0.29, 0.717) is 6.04 Å². The lowest BCUT2D eigenvalue weighted by atomic mass is 10.2. The van der Waals surface area contributed by atoms with Crippen LogP contribution < -0.4 is 5.32 Å². The first-order chi connectivity index (χ1) is 6.34. The Labute approximate surface area is 89.5 Å². The molecule has 0 spiro atoms. The summed E-state index contributed by atoms with van der Waals surface area (Å²) in [4.78, 5) is 2.35. The first-order valence-corrected chi connectivity index (χ1v) is 5.99. The van der Waals surface area contributed by atoms with Crippen LogP contribution in [0.15, 0.2) is 0 Å².